The molecule has 108 valence electrons. The molecule has 0 aliphatic carbocycles. The molecule has 2 amide bonds. The lowest BCUT2D eigenvalue weighted by molar-refractivity contribution is 0.0232. The third-order valence-corrected chi connectivity index (χ3v) is 3.10. The molecular weight excluding hydrogens is 280 g/mol. The summed E-state index contributed by atoms with van der Waals surface area (Å²) in [6.07, 6.45) is -0.135. The monoisotopic (exact) mass is 296 g/mol. The first-order valence-electron chi connectivity index (χ1n) is 6.40. The molecule has 2 heterocycles. The minimum atomic E-state index is -0.634. The average Bonchev–Trinajstić information content (AvgIpc) is 2.25. The number of imide groups is 1. The van der Waals surface area contributed by atoms with Gasteiger partial charge in [0.25, 0.3) is 5.91 Å². The summed E-state index contributed by atoms with van der Waals surface area (Å²) in [5.41, 5.74) is 1.18. The van der Waals surface area contributed by atoms with Crippen LogP contribution in [0, 0.1) is 6.92 Å². The number of carbonyl (C=O) groups excluding carboxylic acids is 2. The maximum atomic E-state index is 12.4. The average molecular weight is 297 g/mol. The fourth-order valence-electron chi connectivity index (χ4n) is 2.11. The minimum Gasteiger partial charge on any atom is -0.443 e. The quantitative estimate of drug-likeness (QED) is 0.691. The van der Waals surface area contributed by atoms with Crippen LogP contribution in [-0.2, 0) is 11.2 Å². The molecule has 0 aromatic carbocycles. The van der Waals surface area contributed by atoms with E-state index in [2.05, 4.69) is 4.98 Å². The number of nitrogens with zero attached hydrogens (tertiary/aromatic N) is 2. The summed E-state index contributed by atoms with van der Waals surface area (Å²) in [4.78, 5) is 29.7. The molecule has 0 spiro atoms. The van der Waals surface area contributed by atoms with Gasteiger partial charge in [-0.15, -0.1) is 0 Å². The van der Waals surface area contributed by atoms with Crippen molar-refractivity contribution in [2.75, 3.05) is 6.54 Å². The zero-order valence-electron chi connectivity index (χ0n) is 12.0. The Hall–Kier alpha value is -1.62. The van der Waals surface area contributed by atoms with Crippen molar-refractivity contribution in [3.05, 3.63) is 28.0 Å². The highest BCUT2D eigenvalue weighted by atomic mass is 35.5. The second kappa shape index (κ2) is 5.05. The smallest absolute Gasteiger partial charge is 0.417 e. The Morgan fingerprint density at radius 1 is 1.45 bits per heavy atom. The number of hydrogen-bond donors (Lipinski definition) is 0. The number of aryl methyl sites for hydroxylation is 1. The highest BCUT2D eigenvalue weighted by molar-refractivity contribution is 6.29. The number of halogens is 1. The molecule has 0 N–H and O–H groups in total. The summed E-state index contributed by atoms with van der Waals surface area (Å²) in [5.74, 6) is -0.373. The van der Waals surface area contributed by atoms with Crippen molar-refractivity contribution in [3.8, 4) is 0 Å². The number of amides is 2. The molecule has 20 heavy (non-hydrogen) atoms. The number of pyridine rings is 1. The van der Waals surface area contributed by atoms with Crippen LogP contribution in [0.4, 0.5) is 4.79 Å². The van der Waals surface area contributed by atoms with Crippen LogP contribution in [0.1, 0.15) is 42.4 Å². The molecule has 0 bridgehead atoms. The summed E-state index contributed by atoms with van der Waals surface area (Å²) in [6.45, 7) is 7.33. The van der Waals surface area contributed by atoms with E-state index in [4.69, 9.17) is 16.3 Å². The van der Waals surface area contributed by atoms with Crippen molar-refractivity contribution in [1.82, 2.24) is 9.88 Å². The fourth-order valence-corrected chi connectivity index (χ4v) is 2.38. The third-order valence-electron chi connectivity index (χ3n) is 2.91. The molecule has 5 nitrogen and oxygen atoms in total. The van der Waals surface area contributed by atoms with Crippen LogP contribution < -0.4 is 0 Å². The van der Waals surface area contributed by atoms with E-state index in [0.717, 1.165) is 10.5 Å². The van der Waals surface area contributed by atoms with Crippen LogP contribution in [0.5, 0.6) is 0 Å². The van der Waals surface area contributed by atoms with Gasteiger partial charge in [-0.2, -0.15) is 0 Å². The van der Waals surface area contributed by atoms with Gasteiger partial charge in [0.05, 0.1) is 11.3 Å². The molecule has 0 saturated carbocycles. The van der Waals surface area contributed by atoms with E-state index < -0.39 is 11.7 Å². The Bertz CT molecular complexity index is 579. The van der Waals surface area contributed by atoms with Gasteiger partial charge in [0.15, 0.2) is 0 Å². The normalized spacial score (nSPS) is 15.1. The topological polar surface area (TPSA) is 59.5 Å². The lowest BCUT2D eigenvalue weighted by Crippen LogP contribution is -2.45. The summed E-state index contributed by atoms with van der Waals surface area (Å²) < 4.78 is 5.25. The highest BCUT2D eigenvalue weighted by Gasteiger charge is 2.34. The number of aromatic nitrogens is 1. The van der Waals surface area contributed by atoms with Gasteiger partial charge in [-0.3, -0.25) is 4.79 Å². The summed E-state index contributed by atoms with van der Waals surface area (Å²) in [6, 6.07) is 1.62. The second-order valence-corrected chi connectivity index (χ2v) is 6.16. The second-order valence-electron chi connectivity index (χ2n) is 5.77. The van der Waals surface area contributed by atoms with E-state index in [1.165, 1.54) is 0 Å². The molecule has 0 unspecified atom stereocenters. The molecule has 1 aliphatic heterocycles. The SMILES string of the molecule is Cc1cc(Cl)nc2c1C(=O)N(C(=O)OC(C)(C)C)CC2. The lowest BCUT2D eigenvalue weighted by Gasteiger charge is -2.29. The van der Waals surface area contributed by atoms with Crippen molar-refractivity contribution in [1.29, 1.82) is 0 Å². The van der Waals surface area contributed by atoms with Crippen LogP contribution in [0.2, 0.25) is 5.15 Å². The maximum Gasteiger partial charge on any atom is 0.417 e. The number of hydrogen-bond acceptors (Lipinski definition) is 4. The van der Waals surface area contributed by atoms with Crippen molar-refractivity contribution in [3.63, 3.8) is 0 Å². The van der Waals surface area contributed by atoms with E-state index >= 15 is 0 Å². The van der Waals surface area contributed by atoms with Crippen molar-refractivity contribution < 1.29 is 14.3 Å². The fraction of sp³-hybridized carbons (Fsp3) is 0.500. The minimum absolute atomic E-state index is 0.257. The largest absolute Gasteiger partial charge is 0.443 e. The molecule has 1 aliphatic rings. The number of fused-ring (bicyclic) bond motifs is 1. The molecule has 6 heteroatoms. The van der Waals surface area contributed by atoms with Gasteiger partial charge in [0, 0.05) is 13.0 Å². The van der Waals surface area contributed by atoms with E-state index in [0.29, 0.717) is 22.8 Å². The molecule has 0 atom stereocenters. The van der Waals surface area contributed by atoms with Gasteiger partial charge in [0.2, 0.25) is 0 Å². The first-order chi connectivity index (χ1) is 9.19. The van der Waals surface area contributed by atoms with Crippen LogP contribution in [-0.4, -0.2) is 34.0 Å². The Morgan fingerprint density at radius 3 is 2.70 bits per heavy atom. The van der Waals surface area contributed by atoms with Gasteiger partial charge >= 0.3 is 6.09 Å². The predicted molar refractivity (Wildman–Crippen MR) is 75.0 cm³/mol. The van der Waals surface area contributed by atoms with Crippen molar-refractivity contribution in [2.24, 2.45) is 0 Å². The number of ether oxygens (including phenoxy) is 1. The third kappa shape index (κ3) is 2.93. The van der Waals surface area contributed by atoms with E-state index in [9.17, 15) is 9.59 Å². The molecule has 0 saturated heterocycles. The van der Waals surface area contributed by atoms with E-state index in [-0.39, 0.29) is 12.5 Å². The molecule has 0 radical (unpaired) electrons. The highest BCUT2D eigenvalue weighted by Crippen LogP contribution is 2.24. The Morgan fingerprint density at radius 2 is 2.10 bits per heavy atom. The number of carbonyl (C=O) groups is 2. The van der Waals surface area contributed by atoms with Crippen molar-refractivity contribution in [2.45, 2.75) is 39.7 Å². The Labute approximate surface area is 122 Å². The molecule has 0 fully saturated rings. The predicted octanol–water partition coefficient (Wildman–Crippen LogP) is 2.98. The molecule has 1 aromatic heterocycles. The number of rotatable bonds is 0. The zero-order chi connectivity index (χ0) is 15.1. The van der Waals surface area contributed by atoms with Gasteiger partial charge < -0.3 is 4.74 Å². The van der Waals surface area contributed by atoms with Crippen LogP contribution in [0.25, 0.3) is 0 Å². The van der Waals surface area contributed by atoms with Gasteiger partial charge in [0.1, 0.15) is 10.8 Å². The van der Waals surface area contributed by atoms with E-state index in [1.54, 1.807) is 33.8 Å². The van der Waals surface area contributed by atoms with Crippen molar-refractivity contribution >= 4 is 23.6 Å². The van der Waals surface area contributed by atoms with Gasteiger partial charge in [-0.25, -0.2) is 14.7 Å². The van der Waals surface area contributed by atoms with Crippen LogP contribution in [0.3, 0.4) is 0 Å². The van der Waals surface area contributed by atoms with Gasteiger partial charge in [-0.05, 0) is 39.3 Å². The van der Waals surface area contributed by atoms with Crippen LogP contribution >= 0.6 is 11.6 Å². The maximum absolute atomic E-state index is 12.4. The molecule has 1 aromatic rings. The zero-order valence-corrected chi connectivity index (χ0v) is 12.7. The Balaban J connectivity index is 2.30. The summed E-state index contributed by atoms with van der Waals surface area (Å²) in [5, 5.41) is 0.361. The first-order valence-corrected chi connectivity index (χ1v) is 6.78. The summed E-state index contributed by atoms with van der Waals surface area (Å²) >= 11 is 5.89. The molecular formula is C14H17ClN2O3. The Kier molecular flexibility index (Phi) is 3.73. The standard InChI is InChI=1S/C14H17ClN2O3/c1-8-7-10(15)16-9-5-6-17(12(18)11(8)9)13(19)20-14(2,3)4/h7H,5-6H2,1-4H3. The first kappa shape index (κ1) is 14.8. The lowest BCUT2D eigenvalue weighted by atomic mass is 10.0. The van der Waals surface area contributed by atoms with Gasteiger partial charge in [-0.1, -0.05) is 11.6 Å². The molecule has 2 rings (SSSR count). The van der Waals surface area contributed by atoms with Crippen LogP contribution in [0.15, 0.2) is 6.07 Å². The van der Waals surface area contributed by atoms with E-state index in [1.807, 2.05) is 0 Å². The summed E-state index contributed by atoms with van der Waals surface area (Å²) in [7, 11) is 0.